The lowest BCUT2D eigenvalue weighted by atomic mass is 10.2. The molecule has 0 atom stereocenters. The maximum absolute atomic E-state index is 6.16. The Kier molecular flexibility index (Phi) is 5.76. The van der Waals surface area contributed by atoms with Gasteiger partial charge in [0, 0.05) is 17.3 Å². The molecule has 4 rings (SSSR count). The zero-order chi connectivity index (χ0) is 20.2. The molecule has 5 nitrogen and oxygen atoms in total. The predicted octanol–water partition coefficient (Wildman–Crippen LogP) is 5.01. The number of hydrogen-bond donors (Lipinski definition) is 3. The van der Waals surface area contributed by atoms with Gasteiger partial charge in [-0.25, -0.2) is 4.98 Å². The molecule has 0 aliphatic rings. The first-order valence-electron chi connectivity index (χ1n) is 9.19. The zero-order valence-electron chi connectivity index (χ0n) is 15.6. The van der Waals surface area contributed by atoms with Crippen LogP contribution in [0, 0.1) is 0 Å². The number of nitrogens with two attached hydrogens (primary N) is 1. The van der Waals surface area contributed by atoms with Crippen LogP contribution < -0.4 is 16.4 Å². The van der Waals surface area contributed by atoms with Crippen molar-refractivity contribution in [2.24, 2.45) is 5.73 Å². The number of fused-ring (bicyclic) bond motifs is 1. The lowest BCUT2D eigenvalue weighted by molar-refractivity contribution is 0.837. The molecule has 0 bridgehead atoms. The number of aromatic nitrogens is 2. The fourth-order valence-electron chi connectivity index (χ4n) is 3.11. The molecule has 0 fully saturated rings. The van der Waals surface area contributed by atoms with Crippen LogP contribution in [0.2, 0.25) is 5.02 Å². The van der Waals surface area contributed by atoms with Crippen molar-refractivity contribution in [3.8, 4) is 0 Å². The molecule has 0 amide bonds. The molecular weight excluding hydrogens is 402 g/mol. The summed E-state index contributed by atoms with van der Waals surface area (Å²) < 4.78 is 2.09. The lowest BCUT2D eigenvalue weighted by Gasteiger charge is -2.13. The third-order valence-corrected chi connectivity index (χ3v) is 5.01. The molecule has 1 heterocycles. The SMILES string of the molecule is NCc1ccc(NC(=S)Nc2nc3cc(Cl)ccc3n2Cc2ccccc2)cc1. The van der Waals surface area contributed by atoms with E-state index in [1.807, 2.05) is 60.7 Å². The zero-order valence-corrected chi connectivity index (χ0v) is 17.2. The summed E-state index contributed by atoms with van der Waals surface area (Å²) in [6, 6.07) is 23.7. The smallest absolute Gasteiger partial charge is 0.210 e. The second kappa shape index (κ2) is 8.61. The van der Waals surface area contributed by atoms with E-state index in [9.17, 15) is 0 Å². The van der Waals surface area contributed by atoms with Gasteiger partial charge in [-0.3, -0.25) is 0 Å². The predicted molar refractivity (Wildman–Crippen MR) is 124 cm³/mol. The van der Waals surface area contributed by atoms with E-state index < -0.39 is 0 Å². The molecule has 146 valence electrons. The number of nitrogens with zero attached hydrogens (tertiary/aromatic N) is 2. The van der Waals surface area contributed by atoms with Crippen LogP contribution in [0.25, 0.3) is 11.0 Å². The molecule has 7 heteroatoms. The minimum absolute atomic E-state index is 0.459. The normalized spacial score (nSPS) is 10.8. The van der Waals surface area contributed by atoms with Crippen molar-refractivity contribution in [1.29, 1.82) is 0 Å². The Morgan fingerprint density at radius 2 is 1.72 bits per heavy atom. The maximum atomic E-state index is 6.16. The third kappa shape index (κ3) is 4.56. The van der Waals surface area contributed by atoms with Crippen molar-refractivity contribution in [3.63, 3.8) is 0 Å². The molecule has 0 aliphatic heterocycles. The second-order valence-corrected chi connectivity index (χ2v) is 7.47. The number of anilines is 2. The number of halogens is 1. The van der Waals surface area contributed by atoms with Crippen molar-refractivity contribution in [2.75, 3.05) is 10.6 Å². The van der Waals surface area contributed by atoms with Crippen molar-refractivity contribution in [2.45, 2.75) is 13.1 Å². The van der Waals surface area contributed by atoms with E-state index in [4.69, 9.17) is 34.5 Å². The summed E-state index contributed by atoms with van der Waals surface area (Å²) in [6.07, 6.45) is 0. The number of rotatable bonds is 5. The van der Waals surface area contributed by atoms with Crippen molar-refractivity contribution >= 4 is 51.6 Å². The maximum Gasteiger partial charge on any atom is 0.210 e. The van der Waals surface area contributed by atoms with Crippen LogP contribution in [-0.2, 0) is 13.1 Å². The van der Waals surface area contributed by atoms with Gasteiger partial charge in [-0.1, -0.05) is 54.1 Å². The Morgan fingerprint density at radius 1 is 0.966 bits per heavy atom. The average Bonchev–Trinajstić information content (AvgIpc) is 3.05. The Labute approximate surface area is 179 Å². The van der Waals surface area contributed by atoms with Gasteiger partial charge < -0.3 is 20.9 Å². The fourth-order valence-corrected chi connectivity index (χ4v) is 3.49. The van der Waals surface area contributed by atoms with E-state index in [2.05, 4.69) is 27.3 Å². The van der Waals surface area contributed by atoms with Crippen molar-refractivity contribution in [3.05, 3.63) is 88.9 Å². The van der Waals surface area contributed by atoms with Gasteiger partial charge in [0.25, 0.3) is 0 Å². The Balaban J connectivity index is 1.61. The minimum Gasteiger partial charge on any atom is -0.332 e. The van der Waals surface area contributed by atoms with E-state index in [0.29, 0.717) is 29.2 Å². The van der Waals surface area contributed by atoms with E-state index in [1.165, 1.54) is 5.56 Å². The van der Waals surface area contributed by atoms with E-state index in [0.717, 1.165) is 22.3 Å². The largest absolute Gasteiger partial charge is 0.332 e. The second-order valence-electron chi connectivity index (χ2n) is 6.62. The highest BCUT2D eigenvalue weighted by Gasteiger charge is 2.13. The summed E-state index contributed by atoms with van der Waals surface area (Å²) in [6.45, 7) is 1.17. The summed E-state index contributed by atoms with van der Waals surface area (Å²) in [4.78, 5) is 4.70. The molecular formula is C22H20ClN5S. The molecule has 0 unspecified atom stereocenters. The van der Waals surface area contributed by atoms with Gasteiger partial charge in [0.15, 0.2) is 5.11 Å². The fraction of sp³-hybridized carbons (Fsp3) is 0.0909. The van der Waals surface area contributed by atoms with Crippen LogP contribution in [0.15, 0.2) is 72.8 Å². The molecule has 1 aromatic heterocycles. The number of nitrogens with one attached hydrogen (secondary N) is 2. The van der Waals surface area contributed by atoms with Gasteiger partial charge in [0.2, 0.25) is 5.95 Å². The molecule has 0 saturated carbocycles. The monoisotopic (exact) mass is 421 g/mol. The average molecular weight is 422 g/mol. The van der Waals surface area contributed by atoms with Gasteiger partial charge in [0.1, 0.15) is 0 Å². The highest BCUT2D eigenvalue weighted by molar-refractivity contribution is 7.80. The molecule has 29 heavy (non-hydrogen) atoms. The van der Waals surface area contributed by atoms with Crippen LogP contribution in [0.5, 0.6) is 0 Å². The minimum atomic E-state index is 0.459. The highest BCUT2D eigenvalue weighted by Crippen LogP contribution is 2.24. The number of hydrogen-bond acceptors (Lipinski definition) is 3. The van der Waals surface area contributed by atoms with Gasteiger partial charge in [-0.15, -0.1) is 0 Å². The van der Waals surface area contributed by atoms with E-state index in [-0.39, 0.29) is 0 Å². The molecule has 0 radical (unpaired) electrons. The first-order valence-corrected chi connectivity index (χ1v) is 9.98. The van der Waals surface area contributed by atoms with Gasteiger partial charge >= 0.3 is 0 Å². The number of imidazole rings is 1. The molecule has 0 saturated heterocycles. The van der Waals surface area contributed by atoms with Crippen LogP contribution in [-0.4, -0.2) is 14.7 Å². The Morgan fingerprint density at radius 3 is 2.45 bits per heavy atom. The quantitative estimate of drug-likeness (QED) is 0.395. The van der Waals surface area contributed by atoms with Crippen molar-refractivity contribution < 1.29 is 0 Å². The van der Waals surface area contributed by atoms with Crippen LogP contribution in [0.3, 0.4) is 0 Å². The first-order chi connectivity index (χ1) is 14.1. The molecule has 4 aromatic rings. The molecule has 3 aromatic carbocycles. The molecule has 0 spiro atoms. The van der Waals surface area contributed by atoms with Crippen LogP contribution >= 0.6 is 23.8 Å². The topological polar surface area (TPSA) is 67.9 Å². The first kappa shape index (κ1) is 19.4. The van der Waals surface area contributed by atoms with Crippen molar-refractivity contribution in [1.82, 2.24) is 9.55 Å². The summed E-state index contributed by atoms with van der Waals surface area (Å²) in [7, 11) is 0. The summed E-state index contributed by atoms with van der Waals surface area (Å²) in [5.41, 5.74) is 10.6. The Hall–Kier alpha value is -2.93. The summed E-state index contributed by atoms with van der Waals surface area (Å²) >= 11 is 11.7. The molecule has 0 aliphatic carbocycles. The third-order valence-electron chi connectivity index (χ3n) is 4.57. The number of thiocarbonyl (C=S) groups is 1. The summed E-state index contributed by atoms with van der Waals surface area (Å²) in [5.74, 6) is 0.655. The summed E-state index contributed by atoms with van der Waals surface area (Å²) in [5, 5.41) is 7.52. The highest BCUT2D eigenvalue weighted by atomic mass is 35.5. The van der Waals surface area contributed by atoms with Gasteiger partial charge in [-0.05, 0) is 53.7 Å². The number of benzene rings is 3. The van der Waals surface area contributed by atoms with Gasteiger partial charge in [0.05, 0.1) is 17.6 Å². The molecule has 4 N–H and O–H groups in total. The van der Waals surface area contributed by atoms with Crippen LogP contribution in [0.4, 0.5) is 11.6 Å². The standard InChI is InChI=1S/C22H20ClN5S/c23-17-8-11-20-19(12-17)26-21(28(20)14-16-4-2-1-3-5-16)27-22(29)25-18-9-6-15(13-24)7-10-18/h1-12H,13-14,24H2,(H2,25,26,27,29). The van der Waals surface area contributed by atoms with Crippen LogP contribution in [0.1, 0.15) is 11.1 Å². The Bertz CT molecular complexity index is 1140. The van der Waals surface area contributed by atoms with Gasteiger partial charge in [-0.2, -0.15) is 0 Å². The van der Waals surface area contributed by atoms with E-state index >= 15 is 0 Å². The van der Waals surface area contributed by atoms with E-state index in [1.54, 1.807) is 0 Å². The lowest BCUT2D eigenvalue weighted by Crippen LogP contribution is -2.21.